The molecule has 0 spiro atoms. The highest BCUT2D eigenvalue weighted by Crippen LogP contribution is 2.22. The largest absolute Gasteiger partial charge is 0.392 e. The first-order chi connectivity index (χ1) is 6.15. The number of aliphatic hydroxyl groups is 1. The molecule has 0 amide bonds. The van der Waals surface area contributed by atoms with Crippen LogP contribution in [0.1, 0.15) is 20.3 Å². The van der Waals surface area contributed by atoms with Gasteiger partial charge in [0.2, 0.25) is 0 Å². The molecule has 2 atom stereocenters. The molecule has 0 aromatic rings. The Morgan fingerprint density at radius 2 is 2.23 bits per heavy atom. The summed E-state index contributed by atoms with van der Waals surface area (Å²) in [4.78, 5) is 2.45. The summed E-state index contributed by atoms with van der Waals surface area (Å²) < 4.78 is 0. The number of rotatable bonds is 4. The maximum atomic E-state index is 9.80. The molecule has 1 aliphatic heterocycles. The first-order valence-electron chi connectivity index (χ1n) is 5.06. The predicted octanol–water partition coefficient (Wildman–Crippen LogP) is 1.44. The lowest BCUT2D eigenvalue weighted by Crippen LogP contribution is -2.31. The van der Waals surface area contributed by atoms with Crippen molar-refractivity contribution in [2.75, 3.05) is 25.1 Å². The molecule has 0 aromatic carbocycles. The number of hydrogen-bond acceptors (Lipinski definition) is 3. The maximum absolute atomic E-state index is 9.80. The van der Waals surface area contributed by atoms with Crippen molar-refractivity contribution in [1.29, 1.82) is 0 Å². The average molecular weight is 203 g/mol. The van der Waals surface area contributed by atoms with Gasteiger partial charge < -0.3 is 10.0 Å². The van der Waals surface area contributed by atoms with Gasteiger partial charge in [-0.2, -0.15) is 11.8 Å². The average Bonchev–Trinajstić information content (AvgIpc) is 2.52. The highest BCUT2D eigenvalue weighted by molar-refractivity contribution is 7.98. The van der Waals surface area contributed by atoms with Crippen LogP contribution in [0.2, 0.25) is 0 Å². The zero-order valence-electron chi connectivity index (χ0n) is 8.86. The molecule has 1 N–H and O–H groups in total. The van der Waals surface area contributed by atoms with E-state index in [0.29, 0.717) is 12.0 Å². The normalized spacial score (nSPS) is 27.0. The van der Waals surface area contributed by atoms with Gasteiger partial charge in [0.25, 0.3) is 0 Å². The minimum absolute atomic E-state index is 0.0984. The van der Waals surface area contributed by atoms with Gasteiger partial charge in [-0.15, -0.1) is 0 Å². The highest BCUT2D eigenvalue weighted by atomic mass is 32.2. The standard InChI is InChI=1S/C10H21NOS/c1-8(2)11-5-4-9(6-11)10(12)7-13-3/h8-10,12H,4-7H2,1-3H3. The smallest absolute Gasteiger partial charge is 0.0671 e. The molecular formula is C10H21NOS. The molecule has 3 heteroatoms. The summed E-state index contributed by atoms with van der Waals surface area (Å²) in [7, 11) is 0. The molecule has 1 heterocycles. The molecule has 1 fully saturated rings. The van der Waals surface area contributed by atoms with E-state index in [1.54, 1.807) is 11.8 Å². The van der Waals surface area contributed by atoms with Crippen molar-refractivity contribution in [2.45, 2.75) is 32.4 Å². The van der Waals surface area contributed by atoms with Gasteiger partial charge in [-0.1, -0.05) is 0 Å². The zero-order chi connectivity index (χ0) is 9.84. The van der Waals surface area contributed by atoms with E-state index in [-0.39, 0.29) is 6.10 Å². The molecule has 0 radical (unpaired) electrons. The van der Waals surface area contributed by atoms with Crippen molar-refractivity contribution in [3.8, 4) is 0 Å². The van der Waals surface area contributed by atoms with Crippen LogP contribution in [0, 0.1) is 5.92 Å². The Labute approximate surface area is 85.7 Å². The van der Waals surface area contributed by atoms with Crippen molar-refractivity contribution < 1.29 is 5.11 Å². The van der Waals surface area contributed by atoms with E-state index in [1.165, 1.54) is 6.42 Å². The summed E-state index contributed by atoms with van der Waals surface area (Å²) in [6, 6.07) is 0.631. The first-order valence-corrected chi connectivity index (χ1v) is 6.45. The minimum atomic E-state index is -0.0984. The van der Waals surface area contributed by atoms with E-state index in [0.717, 1.165) is 18.8 Å². The molecule has 2 nitrogen and oxygen atoms in total. The first kappa shape index (κ1) is 11.3. The van der Waals surface area contributed by atoms with Gasteiger partial charge in [0, 0.05) is 18.3 Å². The SMILES string of the molecule is CSCC(O)C1CCN(C(C)C)C1. The fourth-order valence-electron chi connectivity index (χ4n) is 1.91. The number of likely N-dealkylation sites (tertiary alicyclic amines) is 1. The van der Waals surface area contributed by atoms with Crippen LogP contribution in [0.5, 0.6) is 0 Å². The molecule has 0 saturated carbocycles. The second-order valence-electron chi connectivity index (χ2n) is 4.16. The Morgan fingerprint density at radius 3 is 2.69 bits per heavy atom. The van der Waals surface area contributed by atoms with Gasteiger partial charge in [0.15, 0.2) is 0 Å². The lowest BCUT2D eigenvalue weighted by molar-refractivity contribution is 0.128. The third-order valence-corrected chi connectivity index (χ3v) is 3.54. The van der Waals surface area contributed by atoms with Gasteiger partial charge >= 0.3 is 0 Å². The Kier molecular flexibility index (Phi) is 4.56. The van der Waals surface area contributed by atoms with E-state index >= 15 is 0 Å². The molecule has 1 aliphatic rings. The topological polar surface area (TPSA) is 23.5 Å². The summed E-state index contributed by atoms with van der Waals surface area (Å²) in [5, 5.41) is 9.80. The van der Waals surface area contributed by atoms with E-state index in [9.17, 15) is 5.11 Å². The second kappa shape index (κ2) is 5.23. The molecule has 13 heavy (non-hydrogen) atoms. The van der Waals surface area contributed by atoms with E-state index in [1.807, 2.05) is 0 Å². The van der Waals surface area contributed by atoms with Crippen LogP contribution in [0.15, 0.2) is 0 Å². The monoisotopic (exact) mass is 203 g/mol. The van der Waals surface area contributed by atoms with Crippen LogP contribution in [-0.2, 0) is 0 Å². The Balaban J connectivity index is 2.31. The van der Waals surface area contributed by atoms with Crippen molar-refractivity contribution in [3.05, 3.63) is 0 Å². The lowest BCUT2D eigenvalue weighted by Gasteiger charge is -2.21. The van der Waals surface area contributed by atoms with Crippen LogP contribution < -0.4 is 0 Å². The van der Waals surface area contributed by atoms with E-state index < -0.39 is 0 Å². The van der Waals surface area contributed by atoms with Gasteiger partial charge in [-0.05, 0) is 39.0 Å². The Hall–Kier alpha value is 0.270. The number of aliphatic hydroxyl groups excluding tert-OH is 1. The van der Waals surface area contributed by atoms with E-state index in [2.05, 4.69) is 25.0 Å². The highest BCUT2D eigenvalue weighted by Gasteiger charge is 2.28. The summed E-state index contributed by atoms with van der Waals surface area (Å²) >= 11 is 1.74. The maximum Gasteiger partial charge on any atom is 0.0671 e. The zero-order valence-corrected chi connectivity index (χ0v) is 9.68. The third-order valence-electron chi connectivity index (χ3n) is 2.87. The van der Waals surface area contributed by atoms with Crippen LogP contribution in [0.3, 0.4) is 0 Å². The fourth-order valence-corrected chi connectivity index (χ4v) is 2.52. The molecule has 0 bridgehead atoms. The van der Waals surface area contributed by atoms with E-state index in [4.69, 9.17) is 0 Å². The van der Waals surface area contributed by atoms with Crippen LogP contribution in [0.25, 0.3) is 0 Å². The van der Waals surface area contributed by atoms with Gasteiger partial charge in [0.1, 0.15) is 0 Å². The number of thioether (sulfide) groups is 1. The van der Waals surface area contributed by atoms with Crippen molar-refractivity contribution in [2.24, 2.45) is 5.92 Å². The summed E-state index contributed by atoms with van der Waals surface area (Å²) in [5.41, 5.74) is 0. The van der Waals surface area contributed by atoms with Gasteiger partial charge in [0.05, 0.1) is 6.10 Å². The third kappa shape index (κ3) is 3.15. The predicted molar refractivity (Wildman–Crippen MR) is 59.2 cm³/mol. The molecular weight excluding hydrogens is 182 g/mol. The minimum Gasteiger partial charge on any atom is -0.392 e. The number of nitrogens with zero attached hydrogens (tertiary/aromatic N) is 1. The summed E-state index contributed by atoms with van der Waals surface area (Å²) in [6.45, 7) is 6.69. The van der Waals surface area contributed by atoms with Gasteiger partial charge in [-0.25, -0.2) is 0 Å². The molecule has 1 rings (SSSR count). The quantitative estimate of drug-likeness (QED) is 0.748. The van der Waals surface area contributed by atoms with Crippen molar-refractivity contribution in [3.63, 3.8) is 0 Å². The second-order valence-corrected chi connectivity index (χ2v) is 5.07. The molecule has 0 aliphatic carbocycles. The molecule has 78 valence electrons. The number of hydrogen-bond donors (Lipinski definition) is 1. The Bertz CT molecular complexity index is 152. The molecule has 1 saturated heterocycles. The van der Waals surface area contributed by atoms with Crippen molar-refractivity contribution in [1.82, 2.24) is 4.90 Å². The molecule has 2 unspecified atom stereocenters. The summed E-state index contributed by atoms with van der Waals surface area (Å²) in [5.74, 6) is 1.39. The lowest BCUT2D eigenvalue weighted by atomic mass is 10.0. The summed E-state index contributed by atoms with van der Waals surface area (Å²) in [6.07, 6.45) is 3.12. The van der Waals surface area contributed by atoms with Crippen LogP contribution in [-0.4, -0.2) is 47.3 Å². The van der Waals surface area contributed by atoms with Crippen molar-refractivity contribution >= 4 is 11.8 Å². The van der Waals surface area contributed by atoms with Crippen LogP contribution >= 0.6 is 11.8 Å². The fraction of sp³-hybridized carbons (Fsp3) is 1.00. The van der Waals surface area contributed by atoms with Gasteiger partial charge in [-0.3, -0.25) is 0 Å². The molecule has 0 aromatic heterocycles. The Morgan fingerprint density at radius 1 is 1.54 bits per heavy atom. The van der Waals surface area contributed by atoms with Crippen LogP contribution in [0.4, 0.5) is 0 Å².